The van der Waals surface area contributed by atoms with Crippen LogP contribution in [0.25, 0.3) is 10.9 Å². The van der Waals surface area contributed by atoms with Gasteiger partial charge in [0.1, 0.15) is 0 Å². The number of benzene rings is 1. The Morgan fingerprint density at radius 3 is 2.81 bits per heavy atom. The second-order valence-corrected chi connectivity index (χ2v) is 5.67. The number of carboxylic acid groups (broad SMARTS) is 1. The van der Waals surface area contributed by atoms with E-state index in [0.29, 0.717) is 5.56 Å². The van der Waals surface area contributed by atoms with Crippen molar-refractivity contribution in [1.29, 1.82) is 0 Å². The van der Waals surface area contributed by atoms with Crippen LogP contribution in [-0.2, 0) is 6.42 Å². The van der Waals surface area contributed by atoms with Crippen LogP contribution in [0.4, 0.5) is 0 Å². The maximum Gasteiger partial charge on any atom is 0.336 e. The van der Waals surface area contributed by atoms with Gasteiger partial charge in [0.15, 0.2) is 0 Å². The Balaban J connectivity index is 1.79. The molecule has 0 amide bonds. The molecule has 1 aliphatic rings. The van der Waals surface area contributed by atoms with Crippen molar-refractivity contribution in [1.82, 2.24) is 15.2 Å². The van der Waals surface area contributed by atoms with Crippen LogP contribution >= 0.6 is 0 Å². The minimum absolute atomic E-state index is 0.373. The van der Waals surface area contributed by atoms with Gasteiger partial charge in [-0.1, -0.05) is 0 Å². The van der Waals surface area contributed by atoms with Gasteiger partial charge in [0, 0.05) is 49.8 Å². The molecule has 1 saturated heterocycles. The maximum atomic E-state index is 11.2. The normalized spacial score (nSPS) is 16.4. The number of aryl methyl sites for hydroxylation is 1. The molecule has 3 rings (SSSR count). The SMILES string of the molecule is Cc1cc2c(CCN3CCNCC3)c[nH]c2cc1C(=O)O. The number of nitrogens with zero attached hydrogens (tertiary/aromatic N) is 1. The molecule has 1 aromatic carbocycles. The van der Waals surface area contributed by atoms with E-state index in [1.807, 2.05) is 19.2 Å². The molecular formula is C16H21N3O2. The van der Waals surface area contributed by atoms with Crippen molar-refractivity contribution in [3.63, 3.8) is 0 Å². The van der Waals surface area contributed by atoms with Crippen molar-refractivity contribution in [2.45, 2.75) is 13.3 Å². The number of piperazine rings is 1. The molecular weight excluding hydrogens is 266 g/mol. The summed E-state index contributed by atoms with van der Waals surface area (Å²) in [6.07, 6.45) is 3.00. The molecule has 0 bridgehead atoms. The van der Waals surface area contributed by atoms with E-state index in [4.69, 9.17) is 0 Å². The molecule has 0 spiro atoms. The van der Waals surface area contributed by atoms with E-state index in [1.165, 1.54) is 5.56 Å². The van der Waals surface area contributed by atoms with E-state index in [2.05, 4.69) is 15.2 Å². The summed E-state index contributed by atoms with van der Waals surface area (Å²) < 4.78 is 0. The number of H-pyrrole nitrogens is 1. The zero-order valence-electron chi connectivity index (χ0n) is 12.3. The highest BCUT2D eigenvalue weighted by Gasteiger charge is 2.13. The zero-order chi connectivity index (χ0) is 14.8. The third kappa shape index (κ3) is 2.94. The molecule has 2 aromatic rings. The van der Waals surface area contributed by atoms with E-state index in [-0.39, 0.29) is 0 Å². The van der Waals surface area contributed by atoms with Crippen molar-refractivity contribution < 1.29 is 9.90 Å². The highest BCUT2D eigenvalue weighted by molar-refractivity contribution is 5.96. The van der Waals surface area contributed by atoms with Gasteiger partial charge in [-0.3, -0.25) is 0 Å². The third-order valence-electron chi connectivity index (χ3n) is 4.25. The van der Waals surface area contributed by atoms with Gasteiger partial charge < -0.3 is 20.3 Å². The number of nitrogens with one attached hydrogen (secondary N) is 2. The maximum absolute atomic E-state index is 11.2. The van der Waals surface area contributed by atoms with E-state index in [9.17, 15) is 9.90 Å². The van der Waals surface area contributed by atoms with Crippen LogP contribution in [0, 0.1) is 6.92 Å². The predicted molar refractivity (Wildman–Crippen MR) is 83.0 cm³/mol. The summed E-state index contributed by atoms with van der Waals surface area (Å²) in [5.74, 6) is -0.869. The third-order valence-corrected chi connectivity index (χ3v) is 4.25. The number of carbonyl (C=O) groups is 1. The Morgan fingerprint density at radius 1 is 1.33 bits per heavy atom. The number of aromatic carboxylic acids is 1. The molecule has 0 unspecified atom stereocenters. The van der Waals surface area contributed by atoms with Crippen molar-refractivity contribution in [2.24, 2.45) is 0 Å². The van der Waals surface area contributed by atoms with Crippen LogP contribution in [0.3, 0.4) is 0 Å². The van der Waals surface area contributed by atoms with Crippen molar-refractivity contribution >= 4 is 16.9 Å². The van der Waals surface area contributed by atoms with Gasteiger partial charge in [0.25, 0.3) is 0 Å². The largest absolute Gasteiger partial charge is 0.478 e. The first-order valence-corrected chi connectivity index (χ1v) is 7.42. The minimum Gasteiger partial charge on any atom is -0.478 e. The lowest BCUT2D eigenvalue weighted by Gasteiger charge is -2.26. The average Bonchev–Trinajstić information content (AvgIpc) is 2.87. The molecule has 5 nitrogen and oxygen atoms in total. The van der Waals surface area contributed by atoms with E-state index in [0.717, 1.165) is 55.6 Å². The first-order chi connectivity index (χ1) is 10.1. The van der Waals surface area contributed by atoms with Gasteiger partial charge in [-0.05, 0) is 36.6 Å². The molecule has 112 valence electrons. The molecule has 1 fully saturated rings. The van der Waals surface area contributed by atoms with Gasteiger partial charge in [-0.25, -0.2) is 4.79 Å². The number of hydrogen-bond acceptors (Lipinski definition) is 3. The summed E-state index contributed by atoms with van der Waals surface area (Å²) in [7, 11) is 0. The van der Waals surface area contributed by atoms with Gasteiger partial charge in [0.2, 0.25) is 0 Å². The average molecular weight is 287 g/mol. The molecule has 1 aliphatic heterocycles. The zero-order valence-corrected chi connectivity index (χ0v) is 12.3. The van der Waals surface area contributed by atoms with Crippen LogP contribution in [0.15, 0.2) is 18.3 Å². The molecule has 21 heavy (non-hydrogen) atoms. The van der Waals surface area contributed by atoms with Crippen LogP contribution in [-0.4, -0.2) is 53.7 Å². The number of aromatic nitrogens is 1. The van der Waals surface area contributed by atoms with Crippen LogP contribution < -0.4 is 5.32 Å². The van der Waals surface area contributed by atoms with Gasteiger partial charge in [-0.2, -0.15) is 0 Å². The second-order valence-electron chi connectivity index (χ2n) is 5.67. The monoisotopic (exact) mass is 287 g/mol. The highest BCUT2D eigenvalue weighted by Crippen LogP contribution is 2.23. The smallest absolute Gasteiger partial charge is 0.336 e. The highest BCUT2D eigenvalue weighted by atomic mass is 16.4. The molecule has 5 heteroatoms. The summed E-state index contributed by atoms with van der Waals surface area (Å²) in [6, 6.07) is 3.73. The summed E-state index contributed by atoms with van der Waals surface area (Å²) in [5.41, 5.74) is 3.37. The summed E-state index contributed by atoms with van der Waals surface area (Å²) in [4.78, 5) is 16.8. The Labute approximate surface area is 124 Å². The number of aromatic amines is 1. The fraction of sp³-hybridized carbons (Fsp3) is 0.438. The lowest BCUT2D eigenvalue weighted by atomic mass is 10.0. The quantitative estimate of drug-likeness (QED) is 0.799. The van der Waals surface area contributed by atoms with Gasteiger partial charge in [0.05, 0.1) is 5.56 Å². The Kier molecular flexibility index (Phi) is 3.94. The molecule has 0 saturated carbocycles. The minimum atomic E-state index is -0.869. The molecule has 2 heterocycles. The summed E-state index contributed by atoms with van der Waals surface area (Å²) in [6.45, 7) is 7.24. The van der Waals surface area contributed by atoms with Gasteiger partial charge >= 0.3 is 5.97 Å². The number of fused-ring (bicyclic) bond motifs is 1. The predicted octanol–water partition coefficient (Wildman–Crippen LogP) is 1.62. The van der Waals surface area contributed by atoms with Crippen LogP contribution in [0.2, 0.25) is 0 Å². The molecule has 1 aromatic heterocycles. The van der Waals surface area contributed by atoms with E-state index < -0.39 is 5.97 Å². The van der Waals surface area contributed by atoms with E-state index in [1.54, 1.807) is 6.07 Å². The van der Waals surface area contributed by atoms with Crippen LogP contribution in [0.1, 0.15) is 21.5 Å². The Bertz CT molecular complexity index is 657. The Morgan fingerprint density at radius 2 is 2.10 bits per heavy atom. The molecule has 3 N–H and O–H groups in total. The number of carboxylic acids is 1. The topological polar surface area (TPSA) is 68.4 Å². The number of hydrogen-bond donors (Lipinski definition) is 3. The van der Waals surface area contributed by atoms with Gasteiger partial charge in [-0.15, -0.1) is 0 Å². The molecule has 0 radical (unpaired) electrons. The lowest BCUT2D eigenvalue weighted by molar-refractivity contribution is 0.0696. The fourth-order valence-electron chi connectivity index (χ4n) is 2.99. The van der Waals surface area contributed by atoms with Crippen molar-refractivity contribution in [3.05, 3.63) is 35.0 Å². The first-order valence-electron chi connectivity index (χ1n) is 7.42. The Hall–Kier alpha value is -1.85. The van der Waals surface area contributed by atoms with Crippen molar-refractivity contribution in [2.75, 3.05) is 32.7 Å². The summed E-state index contributed by atoms with van der Waals surface area (Å²) in [5, 5.41) is 13.7. The van der Waals surface area contributed by atoms with E-state index >= 15 is 0 Å². The van der Waals surface area contributed by atoms with Crippen LogP contribution in [0.5, 0.6) is 0 Å². The molecule has 0 aliphatic carbocycles. The first kappa shape index (κ1) is 14.1. The standard InChI is InChI=1S/C16H21N3O2/c1-11-8-14-12(2-5-19-6-3-17-4-7-19)10-18-15(14)9-13(11)16(20)21/h8-10,17-18H,2-7H2,1H3,(H,20,21). The second kappa shape index (κ2) is 5.87. The lowest BCUT2D eigenvalue weighted by Crippen LogP contribution is -2.44. The summed E-state index contributed by atoms with van der Waals surface area (Å²) >= 11 is 0. The van der Waals surface area contributed by atoms with Crippen molar-refractivity contribution in [3.8, 4) is 0 Å². The fourth-order valence-corrected chi connectivity index (χ4v) is 2.99. The number of rotatable bonds is 4. The molecule has 0 atom stereocenters.